The number of methoxy groups -OCH3 is 1. The number of hydrogen-bond donors (Lipinski definition) is 2. The van der Waals surface area contributed by atoms with E-state index in [4.69, 9.17) is 9.47 Å². The van der Waals surface area contributed by atoms with Crippen LogP contribution in [0.25, 0.3) is 0 Å². The highest BCUT2D eigenvalue weighted by molar-refractivity contribution is 6.01. The van der Waals surface area contributed by atoms with Crippen LogP contribution in [-0.4, -0.2) is 49.6 Å². The number of anilines is 1. The van der Waals surface area contributed by atoms with Crippen molar-refractivity contribution in [1.82, 2.24) is 10.6 Å². The predicted octanol–water partition coefficient (Wildman–Crippen LogP) is 1.52. The lowest BCUT2D eigenvalue weighted by molar-refractivity contribution is -0.158. The quantitative estimate of drug-likeness (QED) is 0.694. The fourth-order valence-corrected chi connectivity index (χ4v) is 2.95. The monoisotopic (exact) mass is 405 g/mol. The summed E-state index contributed by atoms with van der Waals surface area (Å²) in [4.78, 5) is 50.0. The fraction of sp³-hybridized carbons (Fsp3) is 0.500. The number of imide groups is 1. The van der Waals surface area contributed by atoms with E-state index < -0.39 is 29.9 Å². The lowest BCUT2D eigenvalue weighted by Crippen LogP contribution is -2.47. The maximum atomic E-state index is 12.5. The minimum Gasteiger partial charge on any atom is -0.495 e. The number of esters is 1. The molecule has 1 aromatic rings. The smallest absolute Gasteiger partial charge is 0.321 e. The molecule has 29 heavy (non-hydrogen) atoms. The molecule has 0 radical (unpaired) electrons. The number of carbonyl (C=O) groups is 4. The third kappa shape index (κ3) is 5.69. The fourth-order valence-electron chi connectivity index (χ4n) is 2.95. The number of ether oxygens (including phenoxy) is 2. The Kier molecular flexibility index (Phi) is 7.19. The van der Waals surface area contributed by atoms with Gasteiger partial charge in [-0.2, -0.15) is 0 Å². The van der Waals surface area contributed by atoms with Crippen LogP contribution in [0.15, 0.2) is 18.2 Å². The minimum atomic E-state index is -1.17. The van der Waals surface area contributed by atoms with Crippen LogP contribution in [0.1, 0.15) is 32.8 Å². The summed E-state index contributed by atoms with van der Waals surface area (Å²) in [7, 11) is 1.51. The van der Waals surface area contributed by atoms with Gasteiger partial charge in [-0.05, 0) is 45.4 Å². The Morgan fingerprint density at radius 2 is 1.90 bits per heavy atom. The molecular weight excluding hydrogens is 378 g/mol. The molecule has 158 valence electrons. The van der Waals surface area contributed by atoms with Gasteiger partial charge in [0.2, 0.25) is 5.91 Å². The third-order valence-electron chi connectivity index (χ3n) is 4.40. The summed E-state index contributed by atoms with van der Waals surface area (Å²) in [5.74, 6) is -1.82. The van der Waals surface area contributed by atoms with E-state index in [2.05, 4.69) is 10.6 Å². The maximum absolute atomic E-state index is 12.5. The second kappa shape index (κ2) is 9.40. The lowest BCUT2D eigenvalue weighted by Gasteiger charge is -2.20. The molecule has 1 fully saturated rings. The van der Waals surface area contributed by atoms with Gasteiger partial charge in [0.25, 0.3) is 5.91 Å². The van der Waals surface area contributed by atoms with Gasteiger partial charge in [-0.25, -0.2) is 4.79 Å². The van der Waals surface area contributed by atoms with Crippen LogP contribution in [0, 0.1) is 12.8 Å². The van der Waals surface area contributed by atoms with E-state index in [0.717, 1.165) is 5.56 Å². The third-order valence-corrected chi connectivity index (χ3v) is 4.40. The second-order valence-corrected chi connectivity index (χ2v) is 7.28. The average Bonchev–Trinajstić information content (AvgIpc) is 3.02. The van der Waals surface area contributed by atoms with E-state index in [9.17, 15) is 19.2 Å². The Balaban J connectivity index is 1.99. The largest absolute Gasteiger partial charge is 0.495 e. The number of nitrogens with zero attached hydrogens (tertiary/aromatic N) is 1. The summed E-state index contributed by atoms with van der Waals surface area (Å²) in [5, 5.41) is 4.62. The Morgan fingerprint density at radius 1 is 1.21 bits per heavy atom. The zero-order valence-electron chi connectivity index (χ0n) is 17.3. The molecule has 1 heterocycles. The van der Waals surface area contributed by atoms with E-state index >= 15 is 0 Å². The Labute approximate surface area is 169 Å². The molecule has 2 N–H and O–H groups in total. The Hall–Kier alpha value is -3.10. The SMILES string of the molecule is COc1ccc(C)cc1N1C[C@@H](C(=O)O[C@@H](C)C(=O)NC(=O)NC(C)C)CC1=O. The standard InChI is InChI=1S/C20H27N3O6/c1-11(2)21-20(27)22-18(25)13(4)29-19(26)14-9-17(24)23(10-14)15-8-12(3)6-7-16(15)28-5/h6-8,11,13-14H,9-10H2,1-5H3,(H2,21,22,25,27)/t13-,14-/m0/s1. The van der Waals surface area contributed by atoms with Crippen LogP contribution < -0.4 is 20.3 Å². The normalized spacial score (nSPS) is 17.1. The highest BCUT2D eigenvalue weighted by atomic mass is 16.5. The number of benzene rings is 1. The van der Waals surface area contributed by atoms with E-state index in [1.54, 1.807) is 19.9 Å². The molecule has 1 aromatic carbocycles. The summed E-state index contributed by atoms with van der Waals surface area (Å²) in [6.07, 6.45) is -1.20. The minimum absolute atomic E-state index is 0.0297. The van der Waals surface area contributed by atoms with Crippen molar-refractivity contribution < 1.29 is 28.7 Å². The maximum Gasteiger partial charge on any atom is 0.321 e. The molecule has 1 aliphatic rings. The number of aryl methyl sites for hydroxylation is 1. The Bertz CT molecular complexity index is 807. The number of amides is 4. The van der Waals surface area contributed by atoms with E-state index in [1.807, 2.05) is 19.1 Å². The van der Waals surface area contributed by atoms with E-state index in [1.165, 1.54) is 18.9 Å². The summed E-state index contributed by atoms with van der Waals surface area (Å²) in [6.45, 7) is 6.89. The highest BCUT2D eigenvalue weighted by Crippen LogP contribution is 2.34. The second-order valence-electron chi connectivity index (χ2n) is 7.28. The van der Waals surface area contributed by atoms with Crippen molar-refractivity contribution in [3.8, 4) is 5.75 Å². The van der Waals surface area contributed by atoms with Crippen LogP contribution in [0.2, 0.25) is 0 Å². The Morgan fingerprint density at radius 3 is 2.52 bits per heavy atom. The zero-order chi connectivity index (χ0) is 21.7. The molecule has 9 heteroatoms. The van der Waals surface area contributed by atoms with Crippen molar-refractivity contribution in [2.75, 3.05) is 18.6 Å². The van der Waals surface area contributed by atoms with Crippen molar-refractivity contribution in [1.29, 1.82) is 0 Å². The molecular formula is C20H27N3O6. The van der Waals surface area contributed by atoms with Crippen molar-refractivity contribution in [2.45, 2.75) is 46.3 Å². The van der Waals surface area contributed by atoms with Crippen LogP contribution in [-0.2, 0) is 19.1 Å². The first-order valence-corrected chi connectivity index (χ1v) is 9.39. The number of hydrogen-bond acceptors (Lipinski definition) is 6. The van der Waals surface area contributed by atoms with Gasteiger partial charge >= 0.3 is 12.0 Å². The van der Waals surface area contributed by atoms with E-state index in [-0.39, 0.29) is 24.9 Å². The molecule has 0 aliphatic carbocycles. The highest BCUT2D eigenvalue weighted by Gasteiger charge is 2.38. The average molecular weight is 405 g/mol. The number of carbonyl (C=O) groups excluding carboxylic acids is 4. The van der Waals surface area contributed by atoms with Crippen molar-refractivity contribution in [2.24, 2.45) is 5.92 Å². The number of nitrogens with one attached hydrogen (secondary N) is 2. The molecule has 4 amide bonds. The molecule has 0 saturated carbocycles. The van der Waals surface area contributed by atoms with Crippen molar-refractivity contribution in [3.05, 3.63) is 23.8 Å². The summed E-state index contributed by atoms with van der Waals surface area (Å²) in [6, 6.07) is 4.63. The van der Waals surface area contributed by atoms with Gasteiger partial charge in [-0.3, -0.25) is 19.7 Å². The topological polar surface area (TPSA) is 114 Å². The molecule has 9 nitrogen and oxygen atoms in total. The molecule has 1 saturated heterocycles. The first-order chi connectivity index (χ1) is 13.6. The number of urea groups is 1. The summed E-state index contributed by atoms with van der Waals surface area (Å²) in [5.41, 5.74) is 1.54. The molecule has 0 aromatic heterocycles. The molecule has 1 aliphatic heterocycles. The van der Waals surface area contributed by atoms with Gasteiger partial charge in [-0.1, -0.05) is 6.07 Å². The van der Waals surface area contributed by atoms with Crippen LogP contribution in [0.5, 0.6) is 5.75 Å². The lowest BCUT2D eigenvalue weighted by atomic mass is 10.1. The van der Waals surface area contributed by atoms with Gasteiger partial charge in [0, 0.05) is 19.0 Å². The molecule has 0 spiro atoms. The van der Waals surface area contributed by atoms with Crippen LogP contribution >= 0.6 is 0 Å². The zero-order valence-corrected chi connectivity index (χ0v) is 17.3. The molecule has 0 bridgehead atoms. The molecule has 2 rings (SSSR count). The first kappa shape index (κ1) is 22.2. The summed E-state index contributed by atoms with van der Waals surface area (Å²) < 4.78 is 10.5. The van der Waals surface area contributed by atoms with Gasteiger partial charge in [-0.15, -0.1) is 0 Å². The van der Waals surface area contributed by atoms with Gasteiger partial charge in [0.05, 0.1) is 18.7 Å². The van der Waals surface area contributed by atoms with Gasteiger partial charge in [0.1, 0.15) is 5.75 Å². The van der Waals surface area contributed by atoms with Crippen molar-refractivity contribution in [3.63, 3.8) is 0 Å². The van der Waals surface area contributed by atoms with Gasteiger partial charge in [0.15, 0.2) is 6.10 Å². The van der Waals surface area contributed by atoms with Crippen LogP contribution in [0.4, 0.5) is 10.5 Å². The first-order valence-electron chi connectivity index (χ1n) is 9.39. The van der Waals surface area contributed by atoms with Gasteiger partial charge < -0.3 is 19.7 Å². The molecule has 2 atom stereocenters. The predicted molar refractivity (Wildman–Crippen MR) is 106 cm³/mol. The molecule has 0 unspecified atom stereocenters. The van der Waals surface area contributed by atoms with Crippen molar-refractivity contribution >= 4 is 29.5 Å². The number of rotatable bonds is 6. The van der Waals surface area contributed by atoms with E-state index in [0.29, 0.717) is 11.4 Å². The summed E-state index contributed by atoms with van der Waals surface area (Å²) >= 11 is 0. The van der Waals surface area contributed by atoms with Crippen LogP contribution in [0.3, 0.4) is 0 Å².